The maximum atomic E-state index is 12.9. The average Bonchev–Trinajstić information content (AvgIpc) is 3.33. The minimum absolute atomic E-state index is 0.118. The van der Waals surface area contributed by atoms with Crippen molar-refractivity contribution in [3.05, 3.63) is 35.2 Å². The first-order chi connectivity index (χ1) is 14.8. The predicted octanol–water partition coefficient (Wildman–Crippen LogP) is 1.20. The average molecular weight is 451 g/mol. The van der Waals surface area contributed by atoms with Gasteiger partial charge in [-0.25, -0.2) is 8.42 Å². The molecular formula is C20H26N4O6S. The molecule has 2 aliphatic rings. The Labute approximate surface area is 181 Å². The molecule has 1 amide bonds. The first-order valence-electron chi connectivity index (χ1n) is 10.1. The summed E-state index contributed by atoms with van der Waals surface area (Å²) >= 11 is 0. The van der Waals surface area contributed by atoms with E-state index in [0.717, 1.165) is 5.56 Å². The van der Waals surface area contributed by atoms with Gasteiger partial charge in [0.1, 0.15) is 10.6 Å². The van der Waals surface area contributed by atoms with Gasteiger partial charge in [-0.15, -0.1) is 0 Å². The molecule has 0 bridgehead atoms. The molecule has 1 fully saturated rings. The maximum Gasteiger partial charge on any atom is 0.248 e. The van der Waals surface area contributed by atoms with Gasteiger partial charge in [0.2, 0.25) is 22.7 Å². The van der Waals surface area contributed by atoms with Crippen LogP contribution in [0, 0.1) is 13.8 Å². The minimum Gasteiger partial charge on any atom is -0.454 e. The zero-order valence-corrected chi connectivity index (χ0v) is 18.6. The molecule has 1 atom stereocenters. The summed E-state index contributed by atoms with van der Waals surface area (Å²) in [6, 6.07) is 5.41. The number of ether oxygens (including phenoxy) is 2. The lowest BCUT2D eigenvalue weighted by atomic mass is 10.1. The molecule has 1 N–H and O–H groups in total. The van der Waals surface area contributed by atoms with Crippen LogP contribution in [-0.2, 0) is 14.8 Å². The number of carbonyl (C=O) groups is 1. The maximum absolute atomic E-state index is 12.9. The van der Waals surface area contributed by atoms with E-state index in [4.69, 9.17) is 14.0 Å². The van der Waals surface area contributed by atoms with Crippen LogP contribution in [0.3, 0.4) is 0 Å². The molecule has 0 unspecified atom stereocenters. The number of carbonyl (C=O) groups excluding carboxylic acids is 1. The summed E-state index contributed by atoms with van der Waals surface area (Å²) in [4.78, 5) is 14.6. The summed E-state index contributed by atoms with van der Waals surface area (Å²) in [6.07, 6.45) is 0. The minimum atomic E-state index is -3.66. The van der Waals surface area contributed by atoms with Crippen LogP contribution in [0.4, 0.5) is 0 Å². The Hall–Kier alpha value is -2.63. The van der Waals surface area contributed by atoms with E-state index in [0.29, 0.717) is 43.4 Å². The van der Waals surface area contributed by atoms with Crippen molar-refractivity contribution in [3.8, 4) is 11.5 Å². The summed E-state index contributed by atoms with van der Waals surface area (Å²) in [7, 11) is -3.66. The van der Waals surface area contributed by atoms with E-state index in [9.17, 15) is 13.2 Å². The Kier molecular flexibility index (Phi) is 5.91. The van der Waals surface area contributed by atoms with E-state index in [1.165, 1.54) is 4.31 Å². The van der Waals surface area contributed by atoms with Gasteiger partial charge < -0.3 is 19.3 Å². The Morgan fingerprint density at radius 2 is 1.87 bits per heavy atom. The van der Waals surface area contributed by atoms with Crippen LogP contribution in [0.15, 0.2) is 27.6 Å². The van der Waals surface area contributed by atoms with Crippen molar-refractivity contribution >= 4 is 15.9 Å². The van der Waals surface area contributed by atoms with Crippen LogP contribution in [0.1, 0.15) is 30.0 Å². The lowest BCUT2D eigenvalue weighted by Gasteiger charge is -2.33. The van der Waals surface area contributed by atoms with Crippen molar-refractivity contribution < 1.29 is 27.2 Å². The third kappa shape index (κ3) is 4.39. The van der Waals surface area contributed by atoms with E-state index < -0.39 is 10.0 Å². The van der Waals surface area contributed by atoms with Crippen molar-refractivity contribution in [2.75, 3.05) is 39.5 Å². The number of hydrogen-bond donors (Lipinski definition) is 1. The van der Waals surface area contributed by atoms with Gasteiger partial charge in [-0.05, 0) is 38.5 Å². The quantitative estimate of drug-likeness (QED) is 0.698. The predicted molar refractivity (Wildman–Crippen MR) is 110 cm³/mol. The molecule has 4 rings (SSSR count). The van der Waals surface area contributed by atoms with E-state index in [2.05, 4.69) is 10.5 Å². The normalized spacial score (nSPS) is 18.2. The van der Waals surface area contributed by atoms with E-state index in [1.807, 2.05) is 30.0 Å². The summed E-state index contributed by atoms with van der Waals surface area (Å²) in [5.74, 6) is 1.55. The highest BCUT2D eigenvalue weighted by molar-refractivity contribution is 7.89. The summed E-state index contributed by atoms with van der Waals surface area (Å²) in [6.45, 7) is 7.06. The molecule has 11 heteroatoms. The van der Waals surface area contributed by atoms with E-state index in [-0.39, 0.29) is 35.9 Å². The first kappa shape index (κ1) is 21.6. The molecule has 0 saturated carbocycles. The van der Waals surface area contributed by atoms with Crippen LogP contribution < -0.4 is 14.8 Å². The van der Waals surface area contributed by atoms with Crippen molar-refractivity contribution in [3.63, 3.8) is 0 Å². The Morgan fingerprint density at radius 3 is 2.55 bits per heavy atom. The number of hydrogen-bond acceptors (Lipinski definition) is 8. The second-order valence-electron chi connectivity index (χ2n) is 7.74. The molecule has 0 radical (unpaired) electrons. The Bertz CT molecular complexity index is 1060. The van der Waals surface area contributed by atoms with Gasteiger partial charge in [-0.3, -0.25) is 9.69 Å². The van der Waals surface area contributed by atoms with Crippen molar-refractivity contribution in [2.45, 2.75) is 31.7 Å². The summed E-state index contributed by atoms with van der Waals surface area (Å²) in [5, 5.41) is 6.73. The first-order valence-corrected chi connectivity index (χ1v) is 11.5. The fraction of sp³-hybridized carbons (Fsp3) is 0.500. The monoisotopic (exact) mass is 450 g/mol. The van der Waals surface area contributed by atoms with Gasteiger partial charge in [0.05, 0.1) is 12.6 Å². The van der Waals surface area contributed by atoms with Crippen molar-refractivity contribution in [1.29, 1.82) is 0 Å². The molecule has 31 heavy (non-hydrogen) atoms. The highest BCUT2D eigenvalue weighted by atomic mass is 32.2. The molecule has 1 aromatic carbocycles. The number of sulfonamides is 1. The van der Waals surface area contributed by atoms with E-state index in [1.54, 1.807) is 13.8 Å². The summed E-state index contributed by atoms with van der Waals surface area (Å²) in [5.41, 5.74) is 1.28. The molecular weight excluding hydrogens is 424 g/mol. The number of nitrogens with one attached hydrogen (secondary N) is 1. The third-order valence-electron chi connectivity index (χ3n) is 5.54. The molecule has 0 spiro atoms. The Balaban J connectivity index is 1.30. The zero-order chi connectivity index (χ0) is 22.2. The van der Waals surface area contributed by atoms with Gasteiger partial charge in [-0.2, -0.15) is 4.31 Å². The molecule has 1 saturated heterocycles. The Morgan fingerprint density at radius 1 is 1.16 bits per heavy atom. The van der Waals surface area contributed by atoms with Gasteiger partial charge >= 0.3 is 0 Å². The molecule has 2 aliphatic heterocycles. The highest BCUT2D eigenvalue weighted by Gasteiger charge is 2.33. The van der Waals surface area contributed by atoms with Crippen LogP contribution in [0.25, 0.3) is 0 Å². The standard InChI is InChI=1S/C20H26N4O6S/c1-13(16-4-5-17-18(10-16)29-12-28-17)21-19(25)11-23-6-8-24(9-7-23)31(26,27)20-14(2)22-30-15(20)3/h4-5,10,13H,6-9,11-12H2,1-3H3,(H,21,25)/t13-/m0/s1. The van der Waals surface area contributed by atoms with Crippen molar-refractivity contribution in [2.24, 2.45) is 0 Å². The number of nitrogens with zero attached hydrogens (tertiary/aromatic N) is 3. The van der Waals surface area contributed by atoms with Crippen LogP contribution >= 0.6 is 0 Å². The largest absolute Gasteiger partial charge is 0.454 e. The number of aryl methyl sites for hydroxylation is 2. The molecule has 2 aromatic rings. The summed E-state index contributed by atoms with van der Waals surface area (Å²) < 4.78 is 43.0. The molecule has 3 heterocycles. The van der Waals surface area contributed by atoms with Gasteiger partial charge in [0.15, 0.2) is 17.3 Å². The van der Waals surface area contributed by atoms with Crippen LogP contribution in [0.5, 0.6) is 11.5 Å². The number of fused-ring (bicyclic) bond motifs is 1. The number of aromatic nitrogens is 1. The fourth-order valence-electron chi connectivity index (χ4n) is 3.86. The van der Waals surface area contributed by atoms with Gasteiger partial charge in [0.25, 0.3) is 0 Å². The van der Waals surface area contributed by atoms with Crippen LogP contribution in [-0.4, -0.2) is 68.2 Å². The lowest BCUT2D eigenvalue weighted by molar-refractivity contribution is -0.123. The van der Waals surface area contributed by atoms with Crippen molar-refractivity contribution in [1.82, 2.24) is 19.7 Å². The van der Waals surface area contributed by atoms with Gasteiger partial charge in [0, 0.05) is 26.2 Å². The lowest BCUT2D eigenvalue weighted by Crippen LogP contribution is -2.51. The molecule has 10 nitrogen and oxygen atoms in total. The zero-order valence-electron chi connectivity index (χ0n) is 17.8. The fourth-order valence-corrected chi connectivity index (χ4v) is 5.57. The number of benzene rings is 1. The molecule has 1 aromatic heterocycles. The smallest absolute Gasteiger partial charge is 0.248 e. The van der Waals surface area contributed by atoms with Crippen LogP contribution in [0.2, 0.25) is 0 Å². The number of rotatable bonds is 6. The highest BCUT2D eigenvalue weighted by Crippen LogP contribution is 2.34. The second kappa shape index (κ2) is 8.48. The second-order valence-corrected chi connectivity index (χ2v) is 9.61. The topological polar surface area (TPSA) is 114 Å². The molecule has 168 valence electrons. The number of amides is 1. The van der Waals surface area contributed by atoms with Gasteiger partial charge in [-0.1, -0.05) is 11.2 Å². The SMILES string of the molecule is Cc1noc(C)c1S(=O)(=O)N1CCN(CC(=O)N[C@@H](C)c2ccc3c(c2)OCO3)CC1. The third-order valence-corrected chi connectivity index (χ3v) is 7.68. The number of piperazine rings is 1. The molecule has 0 aliphatic carbocycles. The van der Waals surface area contributed by atoms with E-state index >= 15 is 0 Å².